The van der Waals surface area contributed by atoms with E-state index in [1.165, 1.54) is 22.3 Å². The molecule has 4 nitrogen and oxygen atoms in total. The number of fused-ring (bicyclic) bond motifs is 6. The lowest BCUT2D eigenvalue weighted by Gasteiger charge is -2.14. The second kappa shape index (κ2) is 9.15. The fourth-order valence-electron chi connectivity index (χ4n) is 5.02. The lowest BCUT2D eigenvalue weighted by Crippen LogP contribution is -2.26. The maximum atomic E-state index is 12.4. The Bertz CT molecular complexity index is 1520. The molecule has 4 aromatic carbocycles. The predicted molar refractivity (Wildman–Crippen MR) is 140 cm³/mol. The molecule has 0 atom stereocenters. The normalized spacial score (nSPS) is 12.8. The maximum Gasteiger partial charge on any atom is 0.407 e. The van der Waals surface area contributed by atoms with Crippen LogP contribution in [0.1, 0.15) is 29.0 Å². The number of ether oxygens (including phenoxy) is 1. The van der Waals surface area contributed by atoms with Gasteiger partial charge >= 0.3 is 6.09 Å². The third-order valence-corrected chi connectivity index (χ3v) is 6.66. The fraction of sp³-hybridized carbons (Fsp3) is 0.129. The number of hydrogen-bond acceptors (Lipinski definition) is 3. The van der Waals surface area contributed by atoms with Crippen LogP contribution in [0.4, 0.5) is 4.79 Å². The summed E-state index contributed by atoms with van der Waals surface area (Å²) < 4.78 is 11.7. The Morgan fingerprint density at radius 1 is 0.829 bits per heavy atom. The molecule has 0 unspecified atom stereocenters. The van der Waals surface area contributed by atoms with Crippen LogP contribution in [0.5, 0.6) is 0 Å². The van der Waals surface area contributed by atoms with Crippen molar-refractivity contribution in [3.8, 4) is 11.1 Å². The van der Waals surface area contributed by atoms with Crippen molar-refractivity contribution in [2.45, 2.75) is 12.3 Å². The number of carbonyl (C=O) groups excluding carboxylic acids is 1. The Hall–Kier alpha value is -4.31. The van der Waals surface area contributed by atoms with E-state index in [1.807, 2.05) is 66.7 Å². The number of hydrogen-bond donors (Lipinski definition) is 1. The molecule has 5 aromatic rings. The first-order valence-electron chi connectivity index (χ1n) is 12.0. The molecule has 0 spiro atoms. The molecule has 0 saturated heterocycles. The third-order valence-electron chi connectivity index (χ3n) is 6.66. The SMILES string of the molecule is O=C(NCCC=Cc1cccc2c1oc1ccccc12)OCC1c2ccccc2-c2ccccc21. The van der Waals surface area contributed by atoms with Crippen molar-refractivity contribution in [1.29, 1.82) is 0 Å². The molecular formula is C31H25NO3. The number of rotatable bonds is 6. The van der Waals surface area contributed by atoms with Gasteiger partial charge in [0, 0.05) is 28.8 Å². The average Bonchev–Trinajstić information content (AvgIpc) is 3.44. The minimum absolute atomic E-state index is 0.0670. The molecule has 4 heteroatoms. The van der Waals surface area contributed by atoms with Gasteiger partial charge in [0.25, 0.3) is 0 Å². The lowest BCUT2D eigenvalue weighted by molar-refractivity contribution is 0.143. The van der Waals surface area contributed by atoms with Gasteiger partial charge in [-0.3, -0.25) is 0 Å². The molecule has 172 valence electrons. The summed E-state index contributed by atoms with van der Waals surface area (Å²) in [6.07, 6.45) is 4.40. The summed E-state index contributed by atoms with van der Waals surface area (Å²) in [7, 11) is 0. The summed E-state index contributed by atoms with van der Waals surface area (Å²) in [4.78, 5) is 12.4. The van der Waals surface area contributed by atoms with Gasteiger partial charge in [-0.2, -0.15) is 0 Å². The highest BCUT2D eigenvalue weighted by atomic mass is 16.5. The van der Waals surface area contributed by atoms with Gasteiger partial charge in [0.1, 0.15) is 17.8 Å². The number of furan rings is 1. The van der Waals surface area contributed by atoms with Crippen LogP contribution in [-0.4, -0.2) is 19.2 Å². The van der Waals surface area contributed by atoms with Gasteiger partial charge in [0.15, 0.2) is 0 Å². The molecule has 0 bridgehead atoms. The fourth-order valence-corrected chi connectivity index (χ4v) is 5.02. The van der Waals surface area contributed by atoms with Crippen LogP contribution in [0.3, 0.4) is 0 Å². The molecule has 0 fully saturated rings. The summed E-state index contributed by atoms with van der Waals surface area (Å²) >= 11 is 0. The molecule has 1 aromatic heterocycles. The van der Waals surface area contributed by atoms with E-state index in [1.54, 1.807) is 0 Å². The Morgan fingerprint density at radius 2 is 1.51 bits per heavy atom. The van der Waals surface area contributed by atoms with Gasteiger partial charge in [0.05, 0.1) is 0 Å². The number of amides is 1. The van der Waals surface area contributed by atoms with Crippen molar-refractivity contribution < 1.29 is 13.9 Å². The molecule has 35 heavy (non-hydrogen) atoms. The smallest absolute Gasteiger partial charge is 0.407 e. The van der Waals surface area contributed by atoms with E-state index in [2.05, 4.69) is 41.7 Å². The molecule has 0 saturated carbocycles. The minimum Gasteiger partial charge on any atom is -0.455 e. The topological polar surface area (TPSA) is 51.5 Å². The van der Waals surface area contributed by atoms with Crippen molar-refractivity contribution in [2.75, 3.05) is 13.2 Å². The molecule has 0 aliphatic heterocycles. The Morgan fingerprint density at radius 3 is 2.31 bits per heavy atom. The van der Waals surface area contributed by atoms with E-state index >= 15 is 0 Å². The van der Waals surface area contributed by atoms with Crippen molar-refractivity contribution in [3.63, 3.8) is 0 Å². The number of carbonyl (C=O) groups is 1. The van der Waals surface area contributed by atoms with Crippen molar-refractivity contribution >= 4 is 34.1 Å². The van der Waals surface area contributed by atoms with Gasteiger partial charge in [-0.25, -0.2) is 4.79 Å². The van der Waals surface area contributed by atoms with E-state index in [-0.39, 0.29) is 12.0 Å². The summed E-state index contributed by atoms with van der Waals surface area (Å²) in [5.41, 5.74) is 7.67. The maximum absolute atomic E-state index is 12.4. The van der Waals surface area contributed by atoms with Gasteiger partial charge in [-0.1, -0.05) is 97.1 Å². The van der Waals surface area contributed by atoms with Crippen LogP contribution in [-0.2, 0) is 4.74 Å². The Kier molecular flexibility index (Phi) is 5.55. The highest BCUT2D eigenvalue weighted by Crippen LogP contribution is 2.44. The van der Waals surface area contributed by atoms with E-state index in [4.69, 9.17) is 9.15 Å². The number of para-hydroxylation sites is 2. The highest BCUT2D eigenvalue weighted by molar-refractivity contribution is 6.07. The van der Waals surface area contributed by atoms with Crippen LogP contribution in [0.15, 0.2) is 101 Å². The van der Waals surface area contributed by atoms with Gasteiger partial charge < -0.3 is 14.5 Å². The van der Waals surface area contributed by atoms with Gasteiger partial charge in [0.2, 0.25) is 0 Å². The molecule has 1 aliphatic rings. The lowest BCUT2D eigenvalue weighted by atomic mass is 9.98. The van der Waals surface area contributed by atoms with Crippen LogP contribution >= 0.6 is 0 Å². The zero-order chi connectivity index (χ0) is 23.6. The van der Waals surface area contributed by atoms with E-state index in [0.717, 1.165) is 27.5 Å². The monoisotopic (exact) mass is 459 g/mol. The standard InChI is InChI=1S/C31H25NO3/c33-31(34-20-28-24-14-3-1-12-22(24)23-13-2-4-15-25(23)28)32-19-8-7-10-21-11-9-17-27-26-16-5-6-18-29(26)35-30(21)27/h1-7,9-18,28H,8,19-20H2,(H,32,33). The van der Waals surface area contributed by atoms with E-state index < -0.39 is 0 Å². The first-order chi connectivity index (χ1) is 17.3. The summed E-state index contributed by atoms with van der Waals surface area (Å²) in [6.45, 7) is 0.826. The van der Waals surface area contributed by atoms with Crippen LogP contribution in [0, 0.1) is 0 Å². The minimum atomic E-state index is -0.389. The van der Waals surface area contributed by atoms with E-state index in [0.29, 0.717) is 19.6 Å². The number of nitrogens with one attached hydrogen (secondary N) is 1. The average molecular weight is 460 g/mol. The van der Waals surface area contributed by atoms with Crippen LogP contribution in [0.2, 0.25) is 0 Å². The zero-order valence-corrected chi connectivity index (χ0v) is 19.2. The Labute approximate surface area is 203 Å². The second-order valence-corrected chi connectivity index (χ2v) is 8.77. The van der Waals surface area contributed by atoms with Gasteiger partial charge in [-0.05, 0) is 34.7 Å². The summed E-state index contributed by atoms with van der Waals surface area (Å²) in [5.74, 6) is 0.0670. The van der Waals surface area contributed by atoms with Crippen LogP contribution < -0.4 is 5.32 Å². The number of alkyl carbamates (subject to hydrolysis) is 1. The number of benzene rings is 4. The Balaban J connectivity index is 1.05. The molecular weight excluding hydrogens is 434 g/mol. The first-order valence-corrected chi connectivity index (χ1v) is 12.0. The molecule has 1 heterocycles. The van der Waals surface area contributed by atoms with Gasteiger partial charge in [-0.15, -0.1) is 0 Å². The molecule has 1 amide bonds. The van der Waals surface area contributed by atoms with Crippen molar-refractivity contribution in [1.82, 2.24) is 5.32 Å². The quantitative estimate of drug-likeness (QED) is 0.267. The van der Waals surface area contributed by atoms with Crippen molar-refractivity contribution in [3.05, 3.63) is 114 Å². The highest BCUT2D eigenvalue weighted by Gasteiger charge is 2.28. The molecule has 0 radical (unpaired) electrons. The molecule has 6 rings (SSSR count). The van der Waals surface area contributed by atoms with E-state index in [9.17, 15) is 4.79 Å². The second-order valence-electron chi connectivity index (χ2n) is 8.77. The summed E-state index contributed by atoms with van der Waals surface area (Å²) in [6, 6.07) is 30.9. The molecule has 1 aliphatic carbocycles. The predicted octanol–water partition coefficient (Wildman–Crippen LogP) is 7.53. The summed E-state index contributed by atoms with van der Waals surface area (Å²) in [5, 5.41) is 5.09. The molecule has 1 N–H and O–H groups in total. The zero-order valence-electron chi connectivity index (χ0n) is 19.2. The first kappa shape index (κ1) is 21.2. The largest absolute Gasteiger partial charge is 0.455 e. The third kappa shape index (κ3) is 3.97. The van der Waals surface area contributed by atoms with Crippen molar-refractivity contribution in [2.24, 2.45) is 0 Å². The van der Waals surface area contributed by atoms with Crippen LogP contribution in [0.25, 0.3) is 39.1 Å².